The van der Waals surface area contributed by atoms with Crippen LogP contribution >= 0.6 is 0 Å². The van der Waals surface area contributed by atoms with Crippen LogP contribution in [0.2, 0.25) is 0 Å². The number of piperidine rings is 2. The van der Waals surface area contributed by atoms with Crippen molar-refractivity contribution in [3.05, 3.63) is 88.3 Å². The second-order valence-electron chi connectivity index (χ2n) is 14.3. The summed E-state index contributed by atoms with van der Waals surface area (Å²) in [5, 5.41) is 7.18. The minimum atomic E-state index is -0.394. The molecule has 278 valence electrons. The number of ether oxygens (including phenoxy) is 2. The molecule has 53 heavy (non-hydrogen) atoms. The van der Waals surface area contributed by atoms with Crippen molar-refractivity contribution in [1.82, 2.24) is 24.6 Å². The number of nitrogens with zero attached hydrogens (tertiary/aromatic N) is 4. The number of carbonyl (C=O) groups excluding carboxylic acids is 3. The highest BCUT2D eigenvalue weighted by Gasteiger charge is 2.29. The predicted molar refractivity (Wildman–Crippen MR) is 204 cm³/mol. The van der Waals surface area contributed by atoms with E-state index in [1.807, 2.05) is 59.6 Å². The van der Waals surface area contributed by atoms with Gasteiger partial charge in [-0.1, -0.05) is 30.3 Å². The topological polar surface area (TPSA) is 125 Å². The highest BCUT2D eigenvalue weighted by molar-refractivity contribution is 6.01. The first kappa shape index (κ1) is 36.2. The van der Waals surface area contributed by atoms with Crippen LogP contribution in [0.15, 0.2) is 71.7 Å². The summed E-state index contributed by atoms with van der Waals surface area (Å²) < 4.78 is 13.4. The number of nitrogens with one attached hydrogen (secondary N) is 2. The monoisotopic (exact) mass is 720 g/mol. The Morgan fingerprint density at radius 2 is 1.49 bits per heavy atom. The number of benzene rings is 3. The van der Waals surface area contributed by atoms with Crippen LogP contribution in [0.3, 0.4) is 0 Å². The summed E-state index contributed by atoms with van der Waals surface area (Å²) >= 11 is 0. The Bertz CT molecular complexity index is 2020. The van der Waals surface area contributed by atoms with E-state index in [4.69, 9.17) is 9.47 Å². The largest absolute Gasteiger partial charge is 0.496 e. The Labute approximate surface area is 309 Å². The molecule has 0 bridgehead atoms. The Kier molecular flexibility index (Phi) is 10.8. The van der Waals surface area contributed by atoms with E-state index in [-0.39, 0.29) is 23.3 Å². The van der Waals surface area contributed by atoms with Gasteiger partial charge in [0.1, 0.15) is 17.5 Å². The van der Waals surface area contributed by atoms with E-state index in [1.165, 1.54) is 5.56 Å². The number of fused-ring (bicyclic) bond motifs is 1. The third-order valence-electron chi connectivity index (χ3n) is 11.0. The summed E-state index contributed by atoms with van der Waals surface area (Å²) in [5.41, 5.74) is 4.89. The fourth-order valence-corrected chi connectivity index (χ4v) is 7.92. The Morgan fingerprint density at radius 1 is 0.830 bits per heavy atom. The van der Waals surface area contributed by atoms with Gasteiger partial charge in [-0.05, 0) is 85.1 Å². The Morgan fingerprint density at radius 3 is 2.13 bits per heavy atom. The molecule has 3 fully saturated rings. The lowest BCUT2D eigenvalue weighted by molar-refractivity contribution is -0.135. The van der Waals surface area contributed by atoms with Crippen molar-refractivity contribution in [2.24, 2.45) is 7.05 Å². The summed E-state index contributed by atoms with van der Waals surface area (Å²) in [7, 11) is 5.10. The molecular formula is C41H48N6O6. The van der Waals surface area contributed by atoms with Gasteiger partial charge in [0.15, 0.2) is 0 Å². The Balaban J connectivity index is 0.907. The molecule has 3 saturated heterocycles. The quantitative estimate of drug-likeness (QED) is 0.234. The molecule has 1 aromatic heterocycles. The third kappa shape index (κ3) is 7.93. The van der Waals surface area contributed by atoms with Crippen LogP contribution in [0.25, 0.3) is 21.9 Å². The van der Waals surface area contributed by atoms with Gasteiger partial charge >= 0.3 is 0 Å². The zero-order valence-corrected chi connectivity index (χ0v) is 30.7. The maximum Gasteiger partial charge on any atom is 0.258 e. The van der Waals surface area contributed by atoms with Crippen molar-refractivity contribution in [3.8, 4) is 22.6 Å². The van der Waals surface area contributed by atoms with Crippen LogP contribution in [0.5, 0.6) is 11.5 Å². The number of pyridine rings is 1. The zero-order valence-electron chi connectivity index (χ0n) is 30.7. The van der Waals surface area contributed by atoms with Crippen molar-refractivity contribution in [1.29, 1.82) is 0 Å². The number of aryl methyl sites for hydroxylation is 1. The Hall–Kier alpha value is -5.20. The minimum Gasteiger partial charge on any atom is -0.496 e. The van der Waals surface area contributed by atoms with Gasteiger partial charge in [-0.15, -0.1) is 0 Å². The van der Waals surface area contributed by atoms with E-state index in [1.54, 1.807) is 25.8 Å². The van der Waals surface area contributed by atoms with Crippen molar-refractivity contribution < 1.29 is 23.9 Å². The first-order valence-corrected chi connectivity index (χ1v) is 18.5. The molecule has 0 aliphatic carbocycles. The molecule has 1 atom stereocenters. The second kappa shape index (κ2) is 15.8. The fourth-order valence-electron chi connectivity index (χ4n) is 7.92. The molecule has 3 aliphatic rings. The highest BCUT2D eigenvalue weighted by atomic mass is 16.5. The number of carbonyl (C=O) groups is 3. The first-order chi connectivity index (χ1) is 25.7. The van der Waals surface area contributed by atoms with E-state index >= 15 is 0 Å². The number of hydrogen-bond donors (Lipinski definition) is 2. The molecule has 0 spiro atoms. The lowest BCUT2D eigenvalue weighted by Gasteiger charge is -2.37. The smallest absolute Gasteiger partial charge is 0.258 e. The molecule has 12 nitrogen and oxygen atoms in total. The molecule has 7 rings (SSSR count). The van der Waals surface area contributed by atoms with Crippen LogP contribution in [0.1, 0.15) is 42.7 Å². The van der Waals surface area contributed by atoms with E-state index in [0.29, 0.717) is 50.3 Å². The molecule has 0 radical (unpaired) electrons. The molecule has 4 heterocycles. The minimum absolute atomic E-state index is 0.0376. The number of rotatable bonds is 10. The van der Waals surface area contributed by atoms with Crippen molar-refractivity contribution in [2.75, 3.05) is 65.3 Å². The maximum atomic E-state index is 13.4. The number of aromatic nitrogens is 1. The van der Waals surface area contributed by atoms with Crippen LogP contribution < -0.4 is 25.7 Å². The fraction of sp³-hybridized carbons (Fsp3) is 0.415. The van der Waals surface area contributed by atoms with Crippen molar-refractivity contribution in [3.63, 3.8) is 0 Å². The molecule has 12 heteroatoms. The molecular weight excluding hydrogens is 672 g/mol. The van der Waals surface area contributed by atoms with Crippen LogP contribution in [-0.4, -0.2) is 103 Å². The molecule has 0 saturated carbocycles. The molecule has 3 amide bonds. The second-order valence-corrected chi connectivity index (χ2v) is 14.3. The van der Waals surface area contributed by atoms with Crippen LogP contribution in [-0.2, 0) is 28.0 Å². The number of piperazine rings is 1. The zero-order chi connectivity index (χ0) is 37.1. The van der Waals surface area contributed by atoms with E-state index < -0.39 is 6.04 Å². The molecule has 4 aromatic rings. The van der Waals surface area contributed by atoms with Gasteiger partial charge in [-0.2, -0.15) is 0 Å². The first-order valence-electron chi connectivity index (χ1n) is 18.5. The number of hydrogen-bond acceptors (Lipinski definition) is 9. The standard InChI is InChI=1S/C41H48N6O6/c1-44-24-33(31-6-4-5-7-32(31)41(44)51)29-22-36(52-2)34(37(23-29)53-3)25-46-18-20-47(21-19-46)39(49)26-45-16-14-28(15-17-45)27-8-10-30(11-9-27)42-35-12-13-38(48)43-40(35)50/h4-11,22-24,28,35,42H,12-21,25-26H2,1-3H3,(H,43,48,50). The summed E-state index contributed by atoms with van der Waals surface area (Å²) in [6.07, 6.45) is 4.68. The highest BCUT2D eigenvalue weighted by Crippen LogP contribution is 2.38. The molecule has 1 unspecified atom stereocenters. The normalized spacial score (nSPS) is 18.9. The summed E-state index contributed by atoms with van der Waals surface area (Å²) in [6.45, 7) is 5.65. The predicted octanol–water partition coefficient (Wildman–Crippen LogP) is 3.96. The summed E-state index contributed by atoms with van der Waals surface area (Å²) in [5.74, 6) is 1.56. The number of amides is 3. The molecule has 3 aromatic carbocycles. The van der Waals surface area contributed by atoms with Crippen molar-refractivity contribution >= 4 is 34.2 Å². The molecule has 2 N–H and O–H groups in total. The third-order valence-corrected chi connectivity index (χ3v) is 11.0. The van der Waals surface area contributed by atoms with Gasteiger partial charge in [0, 0.05) is 69.0 Å². The summed E-state index contributed by atoms with van der Waals surface area (Å²) in [6, 6.07) is 19.5. The average molecular weight is 721 g/mol. The van der Waals surface area contributed by atoms with Gasteiger partial charge in [-0.25, -0.2) is 0 Å². The van der Waals surface area contributed by atoms with Gasteiger partial charge in [0.25, 0.3) is 5.56 Å². The van der Waals surface area contributed by atoms with E-state index in [2.05, 4.69) is 32.6 Å². The maximum absolute atomic E-state index is 13.4. The van der Waals surface area contributed by atoms with Gasteiger partial charge in [0.05, 0.1) is 26.3 Å². The molecule has 3 aliphatic heterocycles. The van der Waals surface area contributed by atoms with Gasteiger partial charge in [0.2, 0.25) is 17.7 Å². The number of methoxy groups -OCH3 is 2. The van der Waals surface area contributed by atoms with Crippen LogP contribution in [0, 0.1) is 0 Å². The SMILES string of the molecule is COc1cc(-c2cn(C)c(=O)c3ccccc23)cc(OC)c1CN1CCN(C(=O)CN2CCC(c3ccc(NC4CCC(=O)NC4=O)cc3)CC2)CC1. The van der Waals surface area contributed by atoms with E-state index in [9.17, 15) is 19.2 Å². The number of imide groups is 1. The lowest BCUT2D eigenvalue weighted by Crippen LogP contribution is -2.51. The number of anilines is 1. The van der Waals surface area contributed by atoms with Gasteiger partial charge < -0.3 is 24.3 Å². The van der Waals surface area contributed by atoms with Crippen LogP contribution in [0.4, 0.5) is 5.69 Å². The average Bonchev–Trinajstić information content (AvgIpc) is 3.18. The van der Waals surface area contributed by atoms with Crippen molar-refractivity contribution in [2.45, 2.75) is 44.2 Å². The van der Waals surface area contributed by atoms with E-state index in [0.717, 1.165) is 78.3 Å². The summed E-state index contributed by atoms with van der Waals surface area (Å²) in [4.78, 5) is 56.3. The number of likely N-dealkylation sites (tertiary alicyclic amines) is 1. The lowest BCUT2D eigenvalue weighted by atomic mass is 9.89. The van der Waals surface area contributed by atoms with Gasteiger partial charge in [-0.3, -0.25) is 34.3 Å².